The molecular weight excluding hydrogens is 533 g/mol. The maximum absolute atomic E-state index is 13.9. The van der Waals surface area contributed by atoms with Gasteiger partial charge < -0.3 is 20.4 Å². The van der Waals surface area contributed by atoms with E-state index in [-0.39, 0.29) is 48.5 Å². The predicted octanol–water partition coefficient (Wildman–Crippen LogP) is -0.0261. The highest BCUT2D eigenvalue weighted by Crippen LogP contribution is 2.43. The van der Waals surface area contributed by atoms with Gasteiger partial charge in [-0.15, -0.1) is 5.10 Å². The third-order valence-corrected chi connectivity index (χ3v) is 8.78. The maximum atomic E-state index is 13.9. The first-order valence-electron chi connectivity index (χ1n) is 11.7. The molecule has 0 spiro atoms. The van der Waals surface area contributed by atoms with Gasteiger partial charge in [0.05, 0.1) is 17.8 Å². The Hall–Kier alpha value is -4.42. The van der Waals surface area contributed by atoms with Crippen LogP contribution in [0.1, 0.15) is 41.3 Å². The van der Waals surface area contributed by atoms with Crippen molar-refractivity contribution in [3.8, 4) is 11.9 Å². The second-order valence-electron chi connectivity index (χ2n) is 9.20. The Bertz CT molecular complexity index is 1700. The average Bonchev–Trinajstić information content (AvgIpc) is 3.69. The maximum Gasteiger partial charge on any atom is 0.263 e. The number of rotatable bonds is 10. The molecule has 1 aliphatic rings. The summed E-state index contributed by atoms with van der Waals surface area (Å²) in [4.78, 5) is 37.1. The number of pyridine rings is 1. The third-order valence-electron chi connectivity index (χ3n) is 6.45. The van der Waals surface area contributed by atoms with Gasteiger partial charge in [0, 0.05) is 19.0 Å². The number of amides is 2. The molecule has 3 aromatic rings. The Morgan fingerprint density at radius 1 is 1.33 bits per heavy atom. The minimum atomic E-state index is -3.97. The van der Waals surface area contributed by atoms with E-state index in [1.54, 1.807) is 6.07 Å². The van der Waals surface area contributed by atoms with Crippen molar-refractivity contribution in [2.24, 2.45) is 12.8 Å². The molecule has 2 heterocycles. The molecule has 39 heavy (non-hydrogen) atoms. The van der Waals surface area contributed by atoms with Crippen LogP contribution in [-0.4, -0.2) is 52.4 Å². The number of sulfonamides is 1. The summed E-state index contributed by atoms with van der Waals surface area (Å²) in [6.45, 7) is 0.920. The number of aryl methyl sites for hydroxylation is 1. The number of hydrogen-bond acceptors (Lipinski definition) is 9. The van der Waals surface area contributed by atoms with Crippen molar-refractivity contribution in [2.45, 2.75) is 37.1 Å². The molecule has 2 amide bonds. The average molecular weight is 558 g/mol. The van der Waals surface area contributed by atoms with Gasteiger partial charge in [0.15, 0.2) is 0 Å². The van der Waals surface area contributed by atoms with Gasteiger partial charge in [-0.25, -0.2) is 17.5 Å². The number of nitrogens with one attached hydrogen (secondary N) is 2. The molecule has 1 fully saturated rings. The van der Waals surface area contributed by atoms with Crippen molar-refractivity contribution >= 4 is 32.7 Å². The lowest BCUT2D eigenvalue weighted by Gasteiger charge is -2.20. The number of nitrogens with two attached hydrogens (primary N) is 1. The van der Waals surface area contributed by atoms with Crippen LogP contribution in [0.5, 0.6) is 5.88 Å². The van der Waals surface area contributed by atoms with Crippen LogP contribution in [0.3, 0.4) is 0 Å². The molecule has 0 bridgehead atoms. The molecule has 13 nitrogen and oxygen atoms in total. The molecule has 15 heteroatoms. The molecular formula is C24H24FN7O6S. The highest BCUT2D eigenvalue weighted by Gasteiger charge is 2.56. The van der Waals surface area contributed by atoms with Gasteiger partial charge in [0.1, 0.15) is 34.3 Å². The number of carbonyl (C=O) groups is 2. The second kappa shape index (κ2) is 10.4. The van der Waals surface area contributed by atoms with Crippen LogP contribution in [0, 0.1) is 17.1 Å². The van der Waals surface area contributed by atoms with Crippen molar-refractivity contribution in [1.82, 2.24) is 24.8 Å². The Labute approximate surface area is 221 Å². The molecule has 4 N–H and O–H groups in total. The normalized spacial score (nSPS) is 14.8. The number of ether oxygens (including phenoxy) is 1. The minimum absolute atomic E-state index is 0.0927. The predicted molar refractivity (Wildman–Crippen MR) is 135 cm³/mol. The van der Waals surface area contributed by atoms with E-state index in [1.807, 2.05) is 0 Å². The zero-order valence-corrected chi connectivity index (χ0v) is 21.7. The Morgan fingerprint density at radius 2 is 2.05 bits per heavy atom. The Morgan fingerprint density at radius 3 is 2.67 bits per heavy atom. The standard InChI is InChI=1S/C24H24FN7O6S/c1-13(20(27)33)31-39(36,37)24(5-6-24)12-38-22-19-16(11-29-30-22)8-17(23(35)32(19)2)21(34)28-10-14-3-4-15(9-26)18(25)7-14/h3-4,7-8,11,13,31H,5-6,10,12H2,1-2H3,(H2,27,33)(H,28,34). The minimum Gasteiger partial charge on any atom is -0.473 e. The van der Waals surface area contributed by atoms with Crippen LogP contribution >= 0.6 is 0 Å². The summed E-state index contributed by atoms with van der Waals surface area (Å²) in [5.41, 5.74) is 4.71. The summed E-state index contributed by atoms with van der Waals surface area (Å²) < 4.78 is 47.3. The summed E-state index contributed by atoms with van der Waals surface area (Å²) in [6, 6.07) is 5.79. The van der Waals surface area contributed by atoms with Crippen molar-refractivity contribution < 1.29 is 27.1 Å². The van der Waals surface area contributed by atoms with Gasteiger partial charge in [-0.3, -0.25) is 14.4 Å². The fraction of sp³-hybridized carbons (Fsp3) is 0.333. The van der Waals surface area contributed by atoms with Gasteiger partial charge in [-0.2, -0.15) is 10.4 Å². The van der Waals surface area contributed by atoms with Gasteiger partial charge in [-0.05, 0) is 43.5 Å². The zero-order valence-electron chi connectivity index (χ0n) is 20.9. The molecule has 0 aliphatic heterocycles. The first-order valence-corrected chi connectivity index (χ1v) is 13.1. The Balaban J connectivity index is 1.55. The van der Waals surface area contributed by atoms with E-state index in [4.69, 9.17) is 15.7 Å². The van der Waals surface area contributed by atoms with Gasteiger partial charge in [-0.1, -0.05) is 6.07 Å². The molecule has 1 saturated carbocycles. The van der Waals surface area contributed by atoms with E-state index in [1.165, 1.54) is 38.4 Å². The summed E-state index contributed by atoms with van der Waals surface area (Å²) in [5, 5.41) is 19.5. The highest BCUT2D eigenvalue weighted by molar-refractivity contribution is 7.91. The lowest BCUT2D eigenvalue weighted by atomic mass is 10.1. The monoisotopic (exact) mass is 557 g/mol. The largest absolute Gasteiger partial charge is 0.473 e. The number of nitrogens with zero attached hydrogens (tertiary/aromatic N) is 4. The summed E-state index contributed by atoms with van der Waals surface area (Å²) in [5.74, 6) is -2.39. The first kappa shape index (κ1) is 27.6. The van der Waals surface area contributed by atoms with Crippen LogP contribution < -0.4 is 26.1 Å². The molecule has 1 atom stereocenters. The summed E-state index contributed by atoms with van der Waals surface area (Å²) in [7, 11) is -2.58. The molecule has 0 radical (unpaired) electrons. The third kappa shape index (κ3) is 5.42. The molecule has 0 saturated heterocycles. The number of hydrogen-bond donors (Lipinski definition) is 3. The van der Waals surface area contributed by atoms with Gasteiger partial charge in [0.25, 0.3) is 17.3 Å². The Kier molecular flexibility index (Phi) is 7.35. The summed E-state index contributed by atoms with van der Waals surface area (Å²) >= 11 is 0. The number of carbonyl (C=O) groups excluding carboxylic acids is 2. The van der Waals surface area contributed by atoms with Crippen LogP contribution in [0.25, 0.3) is 10.9 Å². The summed E-state index contributed by atoms with van der Waals surface area (Å²) in [6.07, 6.45) is 1.87. The number of nitriles is 1. The van der Waals surface area contributed by atoms with Crippen molar-refractivity contribution in [3.63, 3.8) is 0 Å². The smallest absolute Gasteiger partial charge is 0.263 e. The topological polar surface area (TPSA) is 199 Å². The lowest BCUT2D eigenvalue weighted by molar-refractivity contribution is -0.119. The number of aromatic nitrogens is 3. The molecule has 1 unspecified atom stereocenters. The van der Waals surface area contributed by atoms with E-state index >= 15 is 0 Å². The quantitative estimate of drug-likeness (QED) is 0.306. The number of benzene rings is 1. The van der Waals surface area contributed by atoms with E-state index in [0.29, 0.717) is 10.9 Å². The van der Waals surface area contributed by atoms with Gasteiger partial charge >= 0.3 is 0 Å². The van der Waals surface area contributed by atoms with Crippen LogP contribution in [0.4, 0.5) is 4.39 Å². The fourth-order valence-electron chi connectivity index (χ4n) is 3.86. The van der Waals surface area contributed by atoms with Crippen LogP contribution in [0.2, 0.25) is 0 Å². The molecule has 1 aromatic carbocycles. The molecule has 204 valence electrons. The van der Waals surface area contributed by atoms with Crippen LogP contribution in [0.15, 0.2) is 35.3 Å². The fourth-order valence-corrected chi connectivity index (χ4v) is 5.55. The van der Waals surface area contributed by atoms with E-state index in [2.05, 4.69) is 20.2 Å². The number of halogens is 1. The number of fused-ring (bicyclic) bond motifs is 1. The van der Waals surface area contributed by atoms with E-state index in [9.17, 15) is 27.2 Å². The SMILES string of the molecule is CC(NS(=O)(=O)C1(COc2nncc3cc(C(=O)NCc4ccc(C#N)c(F)c4)c(=O)n(C)c23)CC1)C(N)=O. The van der Waals surface area contributed by atoms with E-state index in [0.717, 1.165) is 10.6 Å². The first-order chi connectivity index (χ1) is 18.4. The van der Waals surface area contributed by atoms with E-state index < -0.39 is 44.0 Å². The van der Waals surface area contributed by atoms with Crippen molar-refractivity contribution in [1.29, 1.82) is 5.26 Å². The van der Waals surface area contributed by atoms with Crippen LogP contribution in [-0.2, 0) is 28.4 Å². The zero-order chi connectivity index (χ0) is 28.5. The molecule has 4 rings (SSSR count). The van der Waals surface area contributed by atoms with Crippen molar-refractivity contribution in [2.75, 3.05) is 6.61 Å². The second-order valence-corrected chi connectivity index (χ2v) is 11.3. The van der Waals surface area contributed by atoms with Crippen molar-refractivity contribution in [3.05, 3.63) is 63.3 Å². The molecule has 2 aromatic heterocycles. The van der Waals surface area contributed by atoms with Gasteiger partial charge in [0.2, 0.25) is 15.9 Å². The number of primary amides is 1. The lowest BCUT2D eigenvalue weighted by Crippen LogP contribution is -2.48. The highest BCUT2D eigenvalue weighted by atomic mass is 32.2. The molecule has 1 aliphatic carbocycles.